The second-order valence-electron chi connectivity index (χ2n) is 8.53. The molecule has 0 aromatic carbocycles. The van der Waals surface area contributed by atoms with E-state index in [-0.39, 0.29) is 5.91 Å². The molecule has 1 fully saturated rings. The van der Waals surface area contributed by atoms with Crippen molar-refractivity contribution in [1.29, 1.82) is 0 Å². The lowest BCUT2D eigenvalue weighted by atomic mass is 10.1. The first kappa shape index (κ1) is 23.3. The van der Waals surface area contributed by atoms with E-state index in [2.05, 4.69) is 47.4 Å². The second-order valence-corrected chi connectivity index (χ2v) is 8.53. The highest BCUT2D eigenvalue weighted by Gasteiger charge is 2.15. The monoisotopic (exact) mass is 481 g/mol. The van der Waals surface area contributed by atoms with Gasteiger partial charge in [0.25, 0.3) is 0 Å². The number of anilines is 4. The lowest BCUT2D eigenvalue weighted by molar-refractivity contribution is -0.111. The van der Waals surface area contributed by atoms with E-state index >= 15 is 0 Å². The average Bonchev–Trinajstić information content (AvgIpc) is 2.89. The summed E-state index contributed by atoms with van der Waals surface area (Å²) < 4.78 is 0. The van der Waals surface area contributed by atoms with Gasteiger partial charge in [-0.3, -0.25) is 14.8 Å². The molecule has 4 aromatic rings. The Balaban J connectivity index is 1.38. The highest BCUT2D eigenvalue weighted by atomic mass is 16.1. The van der Waals surface area contributed by atoms with Crippen LogP contribution >= 0.6 is 0 Å². The van der Waals surface area contributed by atoms with Crippen LogP contribution in [0.25, 0.3) is 22.3 Å². The van der Waals surface area contributed by atoms with Crippen LogP contribution < -0.4 is 15.5 Å². The van der Waals surface area contributed by atoms with Crippen LogP contribution in [0, 0.1) is 0 Å². The summed E-state index contributed by atoms with van der Waals surface area (Å²) in [5.41, 5.74) is 3.28. The molecule has 0 aliphatic carbocycles. The van der Waals surface area contributed by atoms with Gasteiger partial charge in [0.15, 0.2) is 0 Å². The lowest BCUT2D eigenvalue weighted by Gasteiger charge is -2.33. The largest absolute Gasteiger partial charge is 0.354 e. The minimum atomic E-state index is -0.207. The Hall–Kier alpha value is -4.44. The van der Waals surface area contributed by atoms with Gasteiger partial charge in [0, 0.05) is 55.8 Å². The summed E-state index contributed by atoms with van der Waals surface area (Å²) in [4.78, 5) is 39.3. The van der Waals surface area contributed by atoms with E-state index in [0.717, 1.165) is 43.1 Å². The molecule has 1 amide bonds. The number of likely N-dealkylation sites (N-methyl/N-ethyl adjacent to an activating group) is 1. The fraction of sp³-hybridized carbons (Fsp3) is 0.231. The quantitative estimate of drug-likeness (QED) is 0.400. The number of hydrogen-bond donors (Lipinski definition) is 2. The van der Waals surface area contributed by atoms with Crippen molar-refractivity contribution in [3.8, 4) is 11.4 Å². The molecule has 36 heavy (non-hydrogen) atoms. The molecule has 1 saturated heterocycles. The van der Waals surface area contributed by atoms with Crippen molar-refractivity contribution >= 4 is 40.0 Å². The smallest absolute Gasteiger partial charge is 0.248 e. The van der Waals surface area contributed by atoms with E-state index < -0.39 is 0 Å². The molecule has 4 aromatic heterocycles. The Morgan fingerprint density at radius 1 is 0.944 bits per heavy atom. The maximum atomic E-state index is 11.9. The molecule has 1 aliphatic rings. The van der Waals surface area contributed by atoms with Crippen molar-refractivity contribution in [2.24, 2.45) is 0 Å². The molecule has 10 nitrogen and oxygen atoms in total. The second kappa shape index (κ2) is 10.4. The van der Waals surface area contributed by atoms with Gasteiger partial charge in [-0.05, 0) is 50.4 Å². The topological polar surface area (TPSA) is 112 Å². The van der Waals surface area contributed by atoms with Gasteiger partial charge in [0.05, 0.1) is 17.6 Å². The van der Waals surface area contributed by atoms with Crippen LogP contribution in [0.4, 0.5) is 23.1 Å². The molecule has 0 bridgehead atoms. The number of allylic oxidation sites excluding steroid dienone is 1. The summed E-state index contributed by atoms with van der Waals surface area (Å²) >= 11 is 0. The van der Waals surface area contributed by atoms with E-state index in [1.807, 2.05) is 18.2 Å². The maximum Gasteiger partial charge on any atom is 0.248 e. The summed E-state index contributed by atoms with van der Waals surface area (Å²) in [5, 5.41) is 6.90. The van der Waals surface area contributed by atoms with Crippen molar-refractivity contribution < 1.29 is 4.79 Å². The summed E-state index contributed by atoms with van der Waals surface area (Å²) in [7, 11) is 2.14. The molecule has 0 atom stereocenters. The highest BCUT2D eigenvalue weighted by Crippen LogP contribution is 2.26. The van der Waals surface area contributed by atoms with Gasteiger partial charge in [-0.25, -0.2) is 15.0 Å². The number of pyridine rings is 3. The molecule has 2 N–H and O–H groups in total. The third-order valence-electron chi connectivity index (χ3n) is 5.92. The van der Waals surface area contributed by atoms with Gasteiger partial charge in [0.2, 0.25) is 11.9 Å². The van der Waals surface area contributed by atoms with Gasteiger partial charge in [-0.15, -0.1) is 0 Å². The van der Waals surface area contributed by atoms with Crippen LogP contribution in [-0.4, -0.2) is 69.0 Å². The molecule has 0 spiro atoms. The molecule has 5 rings (SSSR count). The molecule has 10 heteroatoms. The van der Waals surface area contributed by atoms with Gasteiger partial charge in [0.1, 0.15) is 17.0 Å². The standard InChI is InChI=1S/C26H27N9O/c1-3-4-23(36)31-19-8-10-27-21(15-19)25-24-18(7-9-28-25)16-30-26(33-24)32-20-5-6-22(29-17-20)35-13-11-34(2)12-14-35/h3-10,15-17H,11-14H2,1-2H3,(H,27,31,36)(H,30,32,33)/b4-3+. The fourth-order valence-corrected chi connectivity index (χ4v) is 3.99. The highest BCUT2D eigenvalue weighted by molar-refractivity contribution is 5.99. The third kappa shape index (κ3) is 5.28. The number of carbonyl (C=O) groups is 1. The van der Waals surface area contributed by atoms with Crippen LogP contribution in [0.5, 0.6) is 0 Å². The van der Waals surface area contributed by atoms with Crippen molar-refractivity contribution in [2.45, 2.75) is 6.92 Å². The van der Waals surface area contributed by atoms with Crippen molar-refractivity contribution in [1.82, 2.24) is 29.8 Å². The van der Waals surface area contributed by atoms with Gasteiger partial charge < -0.3 is 20.4 Å². The Morgan fingerprint density at radius 2 is 1.78 bits per heavy atom. The van der Waals surface area contributed by atoms with E-state index in [0.29, 0.717) is 28.5 Å². The summed E-state index contributed by atoms with van der Waals surface area (Å²) in [6.07, 6.45) is 10.0. The van der Waals surface area contributed by atoms with E-state index in [1.54, 1.807) is 49.9 Å². The van der Waals surface area contributed by atoms with E-state index in [4.69, 9.17) is 4.98 Å². The van der Waals surface area contributed by atoms with Crippen LogP contribution in [-0.2, 0) is 4.79 Å². The zero-order valence-electron chi connectivity index (χ0n) is 20.2. The minimum Gasteiger partial charge on any atom is -0.354 e. The Morgan fingerprint density at radius 3 is 2.56 bits per heavy atom. The number of nitrogens with one attached hydrogen (secondary N) is 2. The lowest BCUT2D eigenvalue weighted by Crippen LogP contribution is -2.44. The zero-order chi connectivity index (χ0) is 24.9. The normalized spacial score (nSPS) is 14.3. The molecular weight excluding hydrogens is 454 g/mol. The average molecular weight is 482 g/mol. The van der Waals surface area contributed by atoms with Crippen molar-refractivity contribution in [3.63, 3.8) is 0 Å². The first-order valence-electron chi connectivity index (χ1n) is 11.8. The molecular formula is C26H27N9O. The minimum absolute atomic E-state index is 0.207. The molecule has 182 valence electrons. The van der Waals surface area contributed by atoms with Gasteiger partial charge >= 0.3 is 0 Å². The number of aromatic nitrogens is 5. The van der Waals surface area contributed by atoms with Crippen LogP contribution in [0.3, 0.4) is 0 Å². The SMILES string of the molecule is C/C=C/C(=O)Nc1ccnc(-c2nccc3cnc(Nc4ccc(N5CCN(C)CC5)nc4)nc23)c1. The summed E-state index contributed by atoms with van der Waals surface area (Å²) in [6.45, 7) is 5.79. The van der Waals surface area contributed by atoms with Crippen LogP contribution in [0.15, 0.2) is 67.3 Å². The summed E-state index contributed by atoms with van der Waals surface area (Å²) in [5.74, 6) is 1.19. The van der Waals surface area contributed by atoms with Crippen molar-refractivity contribution in [2.75, 3.05) is 48.8 Å². The zero-order valence-corrected chi connectivity index (χ0v) is 20.2. The van der Waals surface area contributed by atoms with Gasteiger partial charge in [-0.1, -0.05) is 6.08 Å². The van der Waals surface area contributed by atoms with Gasteiger partial charge in [-0.2, -0.15) is 0 Å². The number of amides is 1. The molecule has 0 saturated carbocycles. The molecule has 5 heterocycles. The van der Waals surface area contributed by atoms with Crippen LogP contribution in [0.2, 0.25) is 0 Å². The molecule has 0 unspecified atom stereocenters. The Labute approximate surface area is 209 Å². The van der Waals surface area contributed by atoms with E-state index in [9.17, 15) is 4.79 Å². The number of piperazine rings is 1. The Bertz CT molecular complexity index is 1400. The Kier molecular flexibility index (Phi) is 6.76. The number of nitrogens with zero attached hydrogens (tertiary/aromatic N) is 7. The number of hydrogen-bond acceptors (Lipinski definition) is 9. The number of carbonyl (C=O) groups excluding carboxylic acids is 1. The first-order valence-corrected chi connectivity index (χ1v) is 11.8. The fourth-order valence-electron chi connectivity index (χ4n) is 3.99. The maximum absolute atomic E-state index is 11.9. The van der Waals surface area contributed by atoms with E-state index in [1.165, 1.54) is 6.08 Å². The molecule has 0 radical (unpaired) electrons. The predicted octanol–water partition coefficient (Wildman–Crippen LogP) is 3.49. The number of rotatable bonds is 6. The first-order chi connectivity index (χ1) is 17.6. The molecule has 1 aliphatic heterocycles. The van der Waals surface area contributed by atoms with Crippen molar-refractivity contribution in [3.05, 3.63) is 67.3 Å². The predicted molar refractivity (Wildman–Crippen MR) is 141 cm³/mol. The number of fused-ring (bicyclic) bond motifs is 1. The third-order valence-corrected chi connectivity index (χ3v) is 5.92. The van der Waals surface area contributed by atoms with Crippen LogP contribution in [0.1, 0.15) is 6.92 Å². The summed E-state index contributed by atoms with van der Waals surface area (Å²) in [6, 6.07) is 9.36.